The summed E-state index contributed by atoms with van der Waals surface area (Å²) >= 11 is 1.60. The van der Waals surface area contributed by atoms with Gasteiger partial charge in [0.25, 0.3) is 0 Å². The molecule has 0 aromatic carbocycles. The van der Waals surface area contributed by atoms with Crippen LogP contribution in [0.2, 0.25) is 0 Å². The number of esters is 2. The molecule has 0 atom stereocenters. The van der Waals surface area contributed by atoms with Crippen molar-refractivity contribution in [3.8, 4) is 0 Å². The molecule has 7 heteroatoms. The Kier molecular flexibility index (Phi) is 8.94. The maximum absolute atomic E-state index is 12.4. The lowest BCUT2D eigenvalue weighted by Crippen LogP contribution is -2.09. The summed E-state index contributed by atoms with van der Waals surface area (Å²) in [5, 5.41) is 1.99. The number of carbonyl (C=O) groups is 2. The number of carbonyl (C=O) groups excluding carboxylic acids is 2. The second-order valence-corrected chi connectivity index (χ2v) is 7.38. The first-order valence-electron chi connectivity index (χ1n) is 9.60. The van der Waals surface area contributed by atoms with Gasteiger partial charge < -0.3 is 14.0 Å². The van der Waals surface area contributed by atoms with Crippen LogP contribution in [-0.4, -0.2) is 35.2 Å². The first-order valence-corrected chi connectivity index (χ1v) is 10.5. The van der Waals surface area contributed by atoms with Gasteiger partial charge in [-0.3, -0.25) is 4.79 Å². The Hall–Kier alpha value is -2.41. The summed E-state index contributed by atoms with van der Waals surface area (Å²) in [5.41, 5.74) is 1.28. The molecule has 0 amide bonds. The lowest BCUT2D eigenvalue weighted by atomic mass is 10.1. The van der Waals surface area contributed by atoms with Gasteiger partial charge in [0, 0.05) is 36.0 Å². The summed E-state index contributed by atoms with van der Waals surface area (Å²) in [6.45, 7) is 4.76. The molecule has 2 heterocycles. The SMILES string of the molecule is CCCCc1nc(/C=C(\Cc2cccs2)C(=O)OCC)cn1CCC(=O)OC. The highest BCUT2D eigenvalue weighted by Crippen LogP contribution is 2.19. The Labute approximate surface area is 170 Å². The molecule has 0 radical (unpaired) electrons. The number of nitrogens with zero attached hydrogens (tertiary/aromatic N) is 2. The van der Waals surface area contributed by atoms with Crippen molar-refractivity contribution >= 4 is 29.4 Å². The fourth-order valence-corrected chi connectivity index (χ4v) is 3.50. The van der Waals surface area contributed by atoms with Gasteiger partial charge in [0.1, 0.15) is 5.82 Å². The van der Waals surface area contributed by atoms with E-state index in [1.165, 1.54) is 7.11 Å². The zero-order valence-corrected chi connectivity index (χ0v) is 17.6. The average molecular weight is 405 g/mol. The number of ether oxygens (including phenoxy) is 2. The van der Waals surface area contributed by atoms with Gasteiger partial charge in [-0.2, -0.15) is 0 Å². The van der Waals surface area contributed by atoms with Crippen molar-refractivity contribution in [1.29, 1.82) is 0 Å². The van der Waals surface area contributed by atoms with Crippen LogP contribution in [0.15, 0.2) is 29.3 Å². The number of unbranched alkanes of at least 4 members (excludes halogenated alkanes) is 1. The van der Waals surface area contributed by atoms with E-state index in [2.05, 4.69) is 6.92 Å². The van der Waals surface area contributed by atoms with Crippen molar-refractivity contribution in [1.82, 2.24) is 9.55 Å². The fraction of sp³-hybridized carbons (Fsp3) is 0.476. The highest BCUT2D eigenvalue weighted by atomic mass is 32.1. The third-order valence-electron chi connectivity index (χ3n) is 4.22. The lowest BCUT2D eigenvalue weighted by Gasteiger charge is -2.06. The van der Waals surface area contributed by atoms with Crippen molar-refractivity contribution < 1.29 is 19.1 Å². The van der Waals surface area contributed by atoms with E-state index < -0.39 is 0 Å². The normalized spacial score (nSPS) is 11.5. The quantitative estimate of drug-likeness (QED) is 0.418. The minimum Gasteiger partial charge on any atom is -0.469 e. The third kappa shape index (κ3) is 6.64. The third-order valence-corrected chi connectivity index (χ3v) is 5.10. The molecular formula is C21H28N2O4S. The predicted molar refractivity (Wildman–Crippen MR) is 110 cm³/mol. The maximum Gasteiger partial charge on any atom is 0.334 e. The standard InChI is InChI=1S/C21H28N2O4S/c1-4-6-9-19-22-17(15-23(19)11-10-20(24)26-3)13-16(21(25)27-5-2)14-18-8-7-12-28-18/h7-8,12-13,15H,4-6,9-11,14H2,1-3H3/b16-13+. The van der Waals surface area contributed by atoms with Crippen LogP contribution in [0.3, 0.4) is 0 Å². The highest BCUT2D eigenvalue weighted by molar-refractivity contribution is 7.09. The van der Waals surface area contributed by atoms with Gasteiger partial charge in [-0.1, -0.05) is 19.4 Å². The molecule has 0 unspecified atom stereocenters. The molecular weight excluding hydrogens is 376 g/mol. The van der Waals surface area contributed by atoms with Crippen molar-refractivity contribution in [2.75, 3.05) is 13.7 Å². The van der Waals surface area contributed by atoms with Crippen LogP contribution in [0.5, 0.6) is 0 Å². The maximum atomic E-state index is 12.4. The number of imidazole rings is 1. The molecule has 0 N–H and O–H groups in total. The number of hydrogen-bond donors (Lipinski definition) is 0. The van der Waals surface area contributed by atoms with Crippen molar-refractivity contribution in [3.05, 3.63) is 45.7 Å². The van der Waals surface area contributed by atoms with E-state index in [0.29, 0.717) is 30.8 Å². The molecule has 0 fully saturated rings. The number of methoxy groups -OCH3 is 1. The lowest BCUT2D eigenvalue weighted by molar-refractivity contribution is -0.141. The first-order chi connectivity index (χ1) is 13.6. The van der Waals surface area contributed by atoms with Gasteiger partial charge in [0.05, 0.1) is 25.8 Å². The van der Waals surface area contributed by atoms with Gasteiger partial charge in [-0.15, -0.1) is 11.3 Å². The number of rotatable bonds is 11. The molecule has 2 rings (SSSR count). The van der Waals surface area contributed by atoms with E-state index in [0.717, 1.165) is 30.0 Å². The van der Waals surface area contributed by atoms with Gasteiger partial charge in [-0.05, 0) is 30.9 Å². The summed E-state index contributed by atoms with van der Waals surface area (Å²) in [4.78, 5) is 29.7. The Morgan fingerprint density at radius 1 is 1.32 bits per heavy atom. The number of hydrogen-bond acceptors (Lipinski definition) is 6. The van der Waals surface area contributed by atoms with Crippen molar-refractivity contribution in [3.63, 3.8) is 0 Å². The zero-order valence-electron chi connectivity index (χ0n) is 16.8. The molecule has 6 nitrogen and oxygen atoms in total. The summed E-state index contributed by atoms with van der Waals surface area (Å²) in [5.74, 6) is 0.337. The average Bonchev–Trinajstić information content (AvgIpc) is 3.33. The Morgan fingerprint density at radius 3 is 2.79 bits per heavy atom. The molecule has 152 valence electrons. The fourth-order valence-electron chi connectivity index (χ4n) is 2.77. The van der Waals surface area contributed by atoms with Crippen LogP contribution in [0.25, 0.3) is 6.08 Å². The summed E-state index contributed by atoms with van der Waals surface area (Å²) in [7, 11) is 1.39. The second kappa shape index (κ2) is 11.4. The van der Waals surface area contributed by atoms with Crippen LogP contribution in [0, 0.1) is 0 Å². The molecule has 0 bridgehead atoms. The van der Waals surface area contributed by atoms with Gasteiger partial charge in [-0.25, -0.2) is 9.78 Å². The summed E-state index contributed by atoms with van der Waals surface area (Å²) in [6.07, 6.45) is 7.37. The smallest absolute Gasteiger partial charge is 0.334 e. The van der Waals surface area contributed by atoms with E-state index in [-0.39, 0.29) is 18.4 Å². The molecule has 0 saturated heterocycles. The Balaban J connectivity index is 2.28. The zero-order chi connectivity index (χ0) is 20.4. The van der Waals surface area contributed by atoms with E-state index in [1.54, 1.807) is 24.3 Å². The van der Waals surface area contributed by atoms with E-state index >= 15 is 0 Å². The summed E-state index contributed by atoms with van der Waals surface area (Å²) < 4.78 is 11.9. The molecule has 28 heavy (non-hydrogen) atoms. The van der Waals surface area contributed by atoms with E-state index in [4.69, 9.17) is 14.5 Å². The number of thiophene rings is 1. The molecule has 0 aliphatic rings. The summed E-state index contributed by atoms with van der Waals surface area (Å²) in [6, 6.07) is 3.96. The Morgan fingerprint density at radius 2 is 2.14 bits per heavy atom. The van der Waals surface area contributed by atoms with E-state index in [1.807, 2.05) is 28.3 Å². The van der Waals surface area contributed by atoms with Gasteiger partial charge >= 0.3 is 11.9 Å². The molecule has 2 aromatic heterocycles. The minimum absolute atomic E-state index is 0.253. The number of aryl methyl sites for hydroxylation is 2. The largest absolute Gasteiger partial charge is 0.469 e. The van der Waals surface area contributed by atoms with Crippen LogP contribution in [-0.2, 0) is 38.4 Å². The second-order valence-electron chi connectivity index (χ2n) is 6.35. The van der Waals surface area contributed by atoms with Gasteiger partial charge in [0.15, 0.2) is 0 Å². The monoisotopic (exact) mass is 404 g/mol. The van der Waals surface area contributed by atoms with Gasteiger partial charge in [0.2, 0.25) is 0 Å². The van der Waals surface area contributed by atoms with Crippen LogP contribution < -0.4 is 0 Å². The molecule has 0 aliphatic heterocycles. The van der Waals surface area contributed by atoms with Crippen LogP contribution in [0.4, 0.5) is 0 Å². The van der Waals surface area contributed by atoms with Crippen LogP contribution >= 0.6 is 11.3 Å². The van der Waals surface area contributed by atoms with Crippen molar-refractivity contribution in [2.24, 2.45) is 0 Å². The molecule has 0 spiro atoms. The molecule has 0 saturated carbocycles. The molecule has 0 aliphatic carbocycles. The van der Waals surface area contributed by atoms with Crippen LogP contribution in [0.1, 0.15) is 49.5 Å². The highest BCUT2D eigenvalue weighted by Gasteiger charge is 2.15. The number of aromatic nitrogens is 2. The minimum atomic E-state index is -0.324. The Bertz CT molecular complexity index is 793. The topological polar surface area (TPSA) is 70.4 Å². The predicted octanol–water partition coefficient (Wildman–Crippen LogP) is 4.04. The van der Waals surface area contributed by atoms with Crippen molar-refractivity contribution in [2.45, 2.75) is 52.5 Å². The first kappa shape index (κ1) is 21.9. The van der Waals surface area contributed by atoms with E-state index in [9.17, 15) is 9.59 Å². The molecule has 2 aromatic rings.